The van der Waals surface area contributed by atoms with Gasteiger partial charge in [-0.2, -0.15) is 0 Å². The van der Waals surface area contributed by atoms with Gasteiger partial charge in [-0.25, -0.2) is 14.4 Å². The number of fused-ring (bicyclic) bond motifs is 1. The van der Waals surface area contributed by atoms with Gasteiger partial charge >= 0.3 is 0 Å². The van der Waals surface area contributed by atoms with Crippen molar-refractivity contribution in [1.29, 1.82) is 0 Å². The van der Waals surface area contributed by atoms with Gasteiger partial charge in [-0.3, -0.25) is 4.79 Å². The second kappa shape index (κ2) is 8.92. The SMILES string of the molecule is O=C(CSc1nccc(N2CCc3ccccc3C2)n1)Nc1ccc(Br)cc1F. The molecule has 4 rings (SSSR count). The molecule has 29 heavy (non-hydrogen) atoms. The highest BCUT2D eigenvalue weighted by Gasteiger charge is 2.18. The second-order valence-corrected chi connectivity index (χ2v) is 8.46. The van der Waals surface area contributed by atoms with E-state index in [4.69, 9.17) is 0 Å². The quantitative estimate of drug-likeness (QED) is 0.431. The molecular weight excluding hydrogens is 455 g/mol. The average molecular weight is 473 g/mol. The van der Waals surface area contributed by atoms with Gasteiger partial charge in [-0.05, 0) is 41.8 Å². The Bertz CT molecular complexity index is 1050. The minimum atomic E-state index is -0.485. The molecule has 1 N–H and O–H groups in total. The summed E-state index contributed by atoms with van der Waals surface area (Å²) in [5, 5.41) is 3.10. The van der Waals surface area contributed by atoms with E-state index in [0.29, 0.717) is 9.63 Å². The Morgan fingerprint density at radius 2 is 2.03 bits per heavy atom. The average Bonchev–Trinajstić information content (AvgIpc) is 2.74. The summed E-state index contributed by atoms with van der Waals surface area (Å²) in [5.74, 6) is 0.150. The topological polar surface area (TPSA) is 58.1 Å². The molecule has 1 aromatic heterocycles. The van der Waals surface area contributed by atoms with E-state index in [-0.39, 0.29) is 17.3 Å². The summed E-state index contributed by atoms with van der Waals surface area (Å²) in [6.45, 7) is 1.70. The van der Waals surface area contributed by atoms with Gasteiger partial charge in [0.15, 0.2) is 5.16 Å². The van der Waals surface area contributed by atoms with Gasteiger partial charge < -0.3 is 10.2 Å². The number of nitrogens with one attached hydrogen (secondary N) is 1. The first-order valence-electron chi connectivity index (χ1n) is 9.11. The molecule has 0 bridgehead atoms. The summed E-state index contributed by atoms with van der Waals surface area (Å²) in [4.78, 5) is 23.2. The van der Waals surface area contributed by atoms with Crippen molar-refractivity contribution in [2.45, 2.75) is 18.1 Å². The number of rotatable bonds is 5. The molecule has 0 saturated heterocycles. The summed E-state index contributed by atoms with van der Waals surface area (Å²) < 4.78 is 14.5. The van der Waals surface area contributed by atoms with Crippen LogP contribution in [0.2, 0.25) is 0 Å². The molecule has 0 aliphatic carbocycles. The highest BCUT2D eigenvalue weighted by atomic mass is 79.9. The second-order valence-electron chi connectivity index (χ2n) is 6.60. The van der Waals surface area contributed by atoms with Crippen molar-refractivity contribution in [2.75, 3.05) is 22.5 Å². The number of benzene rings is 2. The van der Waals surface area contributed by atoms with E-state index >= 15 is 0 Å². The third kappa shape index (κ3) is 4.94. The number of amides is 1. The molecular formula is C21H18BrFN4OS. The van der Waals surface area contributed by atoms with Crippen LogP contribution < -0.4 is 10.2 Å². The maximum atomic E-state index is 13.9. The lowest BCUT2D eigenvalue weighted by Gasteiger charge is -2.29. The van der Waals surface area contributed by atoms with Gasteiger partial charge in [0.1, 0.15) is 11.6 Å². The van der Waals surface area contributed by atoms with Crippen LogP contribution in [0.15, 0.2) is 64.4 Å². The van der Waals surface area contributed by atoms with Crippen LogP contribution >= 0.6 is 27.7 Å². The molecule has 1 aliphatic rings. The lowest BCUT2D eigenvalue weighted by molar-refractivity contribution is -0.113. The fourth-order valence-corrected chi connectivity index (χ4v) is 4.13. The number of hydrogen-bond donors (Lipinski definition) is 1. The van der Waals surface area contributed by atoms with Gasteiger partial charge in [0, 0.05) is 23.8 Å². The van der Waals surface area contributed by atoms with Gasteiger partial charge in [-0.1, -0.05) is 52.0 Å². The highest BCUT2D eigenvalue weighted by molar-refractivity contribution is 9.10. The molecule has 0 saturated carbocycles. The minimum absolute atomic E-state index is 0.0990. The molecule has 3 aromatic rings. The Morgan fingerprint density at radius 1 is 1.21 bits per heavy atom. The van der Waals surface area contributed by atoms with Crippen LogP contribution in [0.25, 0.3) is 0 Å². The Morgan fingerprint density at radius 3 is 2.86 bits per heavy atom. The number of carbonyl (C=O) groups is 1. The molecule has 0 atom stereocenters. The predicted molar refractivity (Wildman–Crippen MR) is 117 cm³/mol. The first kappa shape index (κ1) is 19.8. The molecule has 148 valence electrons. The lowest BCUT2D eigenvalue weighted by atomic mass is 10.00. The van der Waals surface area contributed by atoms with Crippen LogP contribution in [0.1, 0.15) is 11.1 Å². The van der Waals surface area contributed by atoms with E-state index in [2.05, 4.69) is 60.4 Å². The van der Waals surface area contributed by atoms with E-state index < -0.39 is 5.82 Å². The standard InChI is InChI=1S/C21H18BrFN4OS/c22-16-5-6-18(17(23)11-16)25-20(28)13-29-21-24-9-7-19(26-21)27-10-8-14-3-1-2-4-15(14)12-27/h1-7,9,11H,8,10,12-13H2,(H,25,28). The fraction of sp³-hybridized carbons (Fsp3) is 0.190. The van der Waals surface area contributed by atoms with Crippen LogP contribution in [0.3, 0.4) is 0 Å². The third-order valence-electron chi connectivity index (χ3n) is 4.61. The van der Waals surface area contributed by atoms with Crippen LogP contribution in [0.4, 0.5) is 15.9 Å². The first-order valence-corrected chi connectivity index (χ1v) is 10.9. The molecule has 0 radical (unpaired) electrons. The number of nitrogens with zero attached hydrogens (tertiary/aromatic N) is 3. The zero-order valence-corrected chi connectivity index (χ0v) is 17.8. The van der Waals surface area contributed by atoms with Crippen LogP contribution in [0, 0.1) is 5.82 Å². The molecule has 0 spiro atoms. The zero-order chi connectivity index (χ0) is 20.2. The largest absolute Gasteiger partial charge is 0.352 e. The van der Waals surface area contributed by atoms with Gasteiger partial charge in [0.05, 0.1) is 11.4 Å². The molecule has 0 unspecified atom stereocenters. The first-order chi connectivity index (χ1) is 14.1. The summed E-state index contributed by atoms with van der Waals surface area (Å²) in [5.41, 5.74) is 2.84. The molecule has 8 heteroatoms. The van der Waals surface area contributed by atoms with Crippen molar-refractivity contribution < 1.29 is 9.18 Å². The number of hydrogen-bond acceptors (Lipinski definition) is 5. The Hall–Kier alpha value is -2.45. The Kier molecular flexibility index (Phi) is 6.10. The summed E-state index contributed by atoms with van der Waals surface area (Å²) in [6.07, 6.45) is 2.68. The highest BCUT2D eigenvalue weighted by Crippen LogP contribution is 2.25. The smallest absolute Gasteiger partial charge is 0.234 e. The van der Waals surface area contributed by atoms with Crippen molar-refractivity contribution in [3.05, 3.63) is 76.1 Å². The van der Waals surface area contributed by atoms with Crippen LogP contribution in [-0.2, 0) is 17.8 Å². The monoisotopic (exact) mass is 472 g/mol. The number of halogens is 2. The molecule has 2 heterocycles. The molecule has 0 fully saturated rings. The van der Waals surface area contributed by atoms with Crippen LogP contribution in [-0.4, -0.2) is 28.2 Å². The van der Waals surface area contributed by atoms with E-state index in [1.807, 2.05) is 6.07 Å². The Balaban J connectivity index is 1.37. The minimum Gasteiger partial charge on any atom is -0.352 e. The van der Waals surface area contributed by atoms with Crippen molar-refractivity contribution in [2.24, 2.45) is 0 Å². The summed E-state index contributed by atoms with van der Waals surface area (Å²) in [7, 11) is 0. The zero-order valence-electron chi connectivity index (χ0n) is 15.4. The predicted octanol–water partition coefficient (Wildman–Crippen LogP) is 4.67. The van der Waals surface area contributed by atoms with Crippen LogP contribution in [0.5, 0.6) is 0 Å². The van der Waals surface area contributed by atoms with Crippen molar-refractivity contribution >= 4 is 45.1 Å². The number of carbonyl (C=O) groups excluding carboxylic acids is 1. The summed E-state index contributed by atoms with van der Waals surface area (Å²) in [6, 6.07) is 14.8. The van der Waals surface area contributed by atoms with Crippen molar-refractivity contribution in [1.82, 2.24) is 9.97 Å². The lowest BCUT2D eigenvalue weighted by Crippen LogP contribution is -2.31. The van der Waals surface area contributed by atoms with Gasteiger partial charge in [-0.15, -0.1) is 0 Å². The summed E-state index contributed by atoms with van der Waals surface area (Å²) >= 11 is 4.42. The van der Waals surface area contributed by atoms with E-state index in [9.17, 15) is 9.18 Å². The van der Waals surface area contributed by atoms with Gasteiger partial charge in [0.25, 0.3) is 0 Å². The molecule has 1 aliphatic heterocycles. The number of anilines is 2. The maximum Gasteiger partial charge on any atom is 0.234 e. The molecule has 1 amide bonds. The maximum absolute atomic E-state index is 13.9. The fourth-order valence-electron chi connectivity index (χ4n) is 3.18. The third-order valence-corrected chi connectivity index (χ3v) is 5.97. The molecule has 2 aromatic carbocycles. The van der Waals surface area contributed by atoms with Gasteiger partial charge in [0.2, 0.25) is 5.91 Å². The number of thioether (sulfide) groups is 1. The Labute approximate surface area is 180 Å². The number of aromatic nitrogens is 2. The van der Waals surface area contributed by atoms with Crippen molar-refractivity contribution in [3.8, 4) is 0 Å². The normalized spacial score (nSPS) is 13.1. The van der Waals surface area contributed by atoms with E-state index in [1.54, 1.807) is 12.3 Å². The van der Waals surface area contributed by atoms with E-state index in [0.717, 1.165) is 25.3 Å². The van der Waals surface area contributed by atoms with Crippen molar-refractivity contribution in [3.63, 3.8) is 0 Å². The molecule has 5 nitrogen and oxygen atoms in total. The van der Waals surface area contributed by atoms with E-state index in [1.165, 1.54) is 35.0 Å².